The second-order valence-corrected chi connectivity index (χ2v) is 5.93. The summed E-state index contributed by atoms with van der Waals surface area (Å²) < 4.78 is 26.1. The third-order valence-electron chi connectivity index (χ3n) is 2.81. The predicted molar refractivity (Wildman–Crippen MR) is 70.6 cm³/mol. The third-order valence-corrected chi connectivity index (χ3v) is 4.92. The van der Waals surface area contributed by atoms with Gasteiger partial charge in [0.2, 0.25) is 10.0 Å². The first-order valence-corrected chi connectivity index (χ1v) is 7.32. The molecule has 0 atom stereocenters. The highest BCUT2D eigenvalue weighted by atomic mass is 32.2. The third kappa shape index (κ3) is 3.08. The zero-order valence-electron chi connectivity index (χ0n) is 10.8. The summed E-state index contributed by atoms with van der Waals surface area (Å²) in [6.07, 6.45) is 0. The van der Waals surface area contributed by atoms with E-state index < -0.39 is 10.0 Å². The van der Waals surface area contributed by atoms with E-state index in [1.807, 2.05) is 6.07 Å². The van der Waals surface area contributed by atoms with E-state index in [0.717, 1.165) is 5.56 Å². The highest BCUT2D eigenvalue weighted by Crippen LogP contribution is 2.21. The van der Waals surface area contributed by atoms with Gasteiger partial charge >= 0.3 is 0 Å². The lowest BCUT2D eigenvalue weighted by Gasteiger charge is -2.21. The standard InChI is InChI=1S/C12H20N2O3S/c1-3-14(6-7-15)18(16,17)12-8-11(9-13)5-4-10(12)2/h4-5,8,15H,3,6-7,9,13H2,1-2H3. The van der Waals surface area contributed by atoms with Crippen molar-refractivity contribution in [2.24, 2.45) is 5.73 Å². The molecule has 1 aromatic carbocycles. The Morgan fingerprint density at radius 2 is 2.06 bits per heavy atom. The quantitative estimate of drug-likeness (QED) is 0.788. The van der Waals surface area contributed by atoms with E-state index in [-0.39, 0.29) is 18.0 Å². The van der Waals surface area contributed by atoms with Crippen LogP contribution in [0.2, 0.25) is 0 Å². The van der Waals surface area contributed by atoms with Gasteiger partial charge in [0, 0.05) is 19.6 Å². The molecule has 0 heterocycles. The molecule has 0 amide bonds. The minimum atomic E-state index is -3.56. The van der Waals surface area contributed by atoms with E-state index in [4.69, 9.17) is 10.8 Å². The Kier molecular flexibility index (Phi) is 5.28. The summed E-state index contributed by atoms with van der Waals surface area (Å²) in [6, 6.07) is 5.17. The van der Waals surface area contributed by atoms with Crippen LogP contribution in [0.15, 0.2) is 23.1 Å². The number of aliphatic hydroxyl groups excluding tert-OH is 1. The monoisotopic (exact) mass is 272 g/mol. The molecule has 6 heteroatoms. The fourth-order valence-corrected chi connectivity index (χ4v) is 3.46. The molecule has 0 bridgehead atoms. The van der Waals surface area contributed by atoms with Crippen LogP contribution in [-0.2, 0) is 16.6 Å². The normalized spacial score (nSPS) is 12.1. The van der Waals surface area contributed by atoms with Crippen molar-refractivity contribution in [2.75, 3.05) is 19.7 Å². The maximum absolute atomic E-state index is 12.4. The highest BCUT2D eigenvalue weighted by Gasteiger charge is 2.24. The molecule has 3 N–H and O–H groups in total. The maximum atomic E-state index is 12.4. The maximum Gasteiger partial charge on any atom is 0.243 e. The Hall–Kier alpha value is -0.950. The van der Waals surface area contributed by atoms with Crippen molar-refractivity contribution < 1.29 is 13.5 Å². The molecule has 1 aromatic rings. The lowest BCUT2D eigenvalue weighted by Crippen LogP contribution is -2.33. The first-order valence-electron chi connectivity index (χ1n) is 5.88. The van der Waals surface area contributed by atoms with E-state index in [9.17, 15) is 8.42 Å². The van der Waals surface area contributed by atoms with Crippen molar-refractivity contribution in [3.8, 4) is 0 Å². The van der Waals surface area contributed by atoms with Crippen LogP contribution in [0.5, 0.6) is 0 Å². The highest BCUT2D eigenvalue weighted by molar-refractivity contribution is 7.89. The number of hydrogen-bond donors (Lipinski definition) is 2. The van der Waals surface area contributed by atoms with E-state index in [0.29, 0.717) is 18.7 Å². The minimum absolute atomic E-state index is 0.102. The molecule has 0 saturated carbocycles. The van der Waals surface area contributed by atoms with Gasteiger partial charge in [0.25, 0.3) is 0 Å². The summed E-state index contributed by atoms with van der Waals surface area (Å²) >= 11 is 0. The molecular weight excluding hydrogens is 252 g/mol. The molecule has 0 aliphatic carbocycles. The van der Waals surface area contributed by atoms with Crippen molar-refractivity contribution in [3.05, 3.63) is 29.3 Å². The zero-order valence-corrected chi connectivity index (χ0v) is 11.6. The van der Waals surface area contributed by atoms with Crippen LogP contribution in [0.25, 0.3) is 0 Å². The molecule has 18 heavy (non-hydrogen) atoms. The van der Waals surface area contributed by atoms with Gasteiger partial charge in [0.15, 0.2) is 0 Å². The van der Waals surface area contributed by atoms with Gasteiger partial charge in [-0.3, -0.25) is 0 Å². The first kappa shape index (κ1) is 15.1. The molecule has 0 spiro atoms. The lowest BCUT2D eigenvalue weighted by atomic mass is 10.1. The zero-order chi connectivity index (χ0) is 13.8. The van der Waals surface area contributed by atoms with Gasteiger partial charge in [-0.05, 0) is 24.1 Å². The fraction of sp³-hybridized carbons (Fsp3) is 0.500. The number of nitrogens with two attached hydrogens (primary N) is 1. The summed E-state index contributed by atoms with van der Waals surface area (Å²) in [5, 5.41) is 8.92. The second kappa shape index (κ2) is 6.29. The van der Waals surface area contributed by atoms with Crippen LogP contribution < -0.4 is 5.73 Å². The van der Waals surface area contributed by atoms with Gasteiger partial charge in [0.1, 0.15) is 0 Å². The molecule has 0 aromatic heterocycles. The summed E-state index contributed by atoms with van der Waals surface area (Å²) in [5.41, 5.74) is 6.99. The average molecular weight is 272 g/mol. The van der Waals surface area contributed by atoms with Gasteiger partial charge in [-0.1, -0.05) is 19.1 Å². The second-order valence-electron chi connectivity index (χ2n) is 4.02. The largest absolute Gasteiger partial charge is 0.395 e. The number of hydrogen-bond acceptors (Lipinski definition) is 4. The number of likely N-dealkylation sites (N-methyl/N-ethyl adjacent to an activating group) is 1. The molecular formula is C12H20N2O3S. The Bertz CT molecular complexity index is 500. The van der Waals surface area contributed by atoms with Crippen LogP contribution >= 0.6 is 0 Å². The summed E-state index contributed by atoms with van der Waals surface area (Å²) in [4.78, 5) is 0.265. The SMILES string of the molecule is CCN(CCO)S(=O)(=O)c1cc(CN)ccc1C. The fourth-order valence-electron chi connectivity index (χ4n) is 1.75. The predicted octanol–water partition coefficient (Wildman–Crippen LogP) is 0.457. The lowest BCUT2D eigenvalue weighted by molar-refractivity contribution is 0.257. The molecule has 5 nitrogen and oxygen atoms in total. The van der Waals surface area contributed by atoms with E-state index >= 15 is 0 Å². The van der Waals surface area contributed by atoms with Crippen molar-refractivity contribution in [1.82, 2.24) is 4.31 Å². The molecule has 0 unspecified atom stereocenters. The Morgan fingerprint density at radius 1 is 1.39 bits per heavy atom. The number of rotatable bonds is 6. The summed E-state index contributed by atoms with van der Waals surface area (Å²) in [7, 11) is -3.56. The van der Waals surface area contributed by atoms with Crippen LogP contribution in [0, 0.1) is 6.92 Å². The number of nitrogens with zero attached hydrogens (tertiary/aromatic N) is 1. The van der Waals surface area contributed by atoms with Crippen molar-refractivity contribution in [3.63, 3.8) is 0 Å². The molecule has 1 rings (SSSR count). The van der Waals surface area contributed by atoms with Crippen LogP contribution in [-0.4, -0.2) is 37.5 Å². The molecule has 0 aliphatic heterocycles. The van der Waals surface area contributed by atoms with Gasteiger partial charge in [-0.2, -0.15) is 4.31 Å². The van der Waals surface area contributed by atoms with Crippen LogP contribution in [0.4, 0.5) is 0 Å². The van der Waals surface area contributed by atoms with Crippen molar-refractivity contribution in [1.29, 1.82) is 0 Å². The van der Waals surface area contributed by atoms with Gasteiger partial charge in [0.05, 0.1) is 11.5 Å². The molecule has 0 fully saturated rings. The number of benzene rings is 1. The van der Waals surface area contributed by atoms with Crippen LogP contribution in [0.3, 0.4) is 0 Å². The molecule has 0 aliphatic rings. The first-order chi connectivity index (χ1) is 8.47. The Labute approximate surface area is 108 Å². The summed E-state index contributed by atoms with van der Waals surface area (Å²) in [5.74, 6) is 0. The van der Waals surface area contributed by atoms with E-state index in [1.54, 1.807) is 26.0 Å². The number of aryl methyl sites for hydroxylation is 1. The topological polar surface area (TPSA) is 83.6 Å². The van der Waals surface area contributed by atoms with Gasteiger partial charge in [-0.15, -0.1) is 0 Å². The van der Waals surface area contributed by atoms with Crippen molar-refractivity contribution in [2.45, 2.75) is 25.3 Å². The smallest absolute Gasteiger partial charge is 0.243 e. The number of aliphatic hydroxyl groups is 1. The van der Waals surface area contributed by atoms with Gasteiger partial charge < -0.3 is 10.8 Å². The Morgan fingerprint density at radius 3 is 2.56 bits per heavy atom. The Balaban J connectivity index is 3.26. The van der Waals surface area contributed by atoms with E-state index in [1.165, 1.54) is 4.31 Å². The van der Waals surface area contributed by atoms with E-state index in [2.05, 4.69) is 0 Å². The minimum Gasteiger partial charge on any atom is -0.395 e. The molecule has 102 valence electrons. The number of sulfonamides is 1. The summed E-state index contributed by atoms with van der Waals surface area (Å²) in [6.45, 7) is 4.03. The molecule has 0 saturated heterocycles. The van der Waals surface area contributed by atoms with Crippen LogP contribution in [0.1, 0.15) is 18.1 Å². The average Bonchev–Trinajstić information content (AvgIpc) is 2.36. The van der Waals surface area contributed by atoms with Crippen molar-refractivity contribution >= 4 is 10.0 Å². The van der Waals surface area contributed by atoms with Gasteiger partial charge in [-0.25, -0.2) is 8.42 Å². The molecule has 0 radical (unpaired) electrons.